The molecule has 2 rings (SSSR count). The van der Waals surface area contributed by atoms with Crippen LogP contribution in [-0.4, -0.2) is 47.4 Å². The average Bonchev–Trinajstić information content (AvgIpc) is 2.59. The standard InChI is InChI=1S/C10H14O7/c1-4(11)14-5-6(8(12)13)15-9-7(5)16-10(2,3)17-9/h5-7,9H,1-3H3,(H,12,13)/t5-,6-,7+,9+/m0/s1. The fraction of sp³-hybridized carbons (Fsp3) is 0.800. The van der Waals surface area contributed by atoms with Crippen LogP contribution in [0, 0.1) is 0 Å². The molecule has 0 unspecified atom stereocenters. The number of carbonyl (C=O) groups is 2. The molecule has 2 heterocycles. The normalized spacial score (nSPS) is 38.8. The number of carboxylic acids is 1. The van der Waals surface area contributed by atoms with E-state index in [2.05, 4.69) is 0 Å². The summed E-state index contributed by atoms with van der Waals surface area (Å²) in [5, 5.41) is 8.95. The first kappa shape index (κ1) is 12.3. The van der Waals surface area contributed by atoms with E-state index in [4.69, 9.17) is 24.1 Å². The fourth-order valence-electron chi connectivity index (χ4n) is 2.00. The Balaban J connectivity index is 2.17. The van der Waals surface area contributed by atoms with Crippen LogP contribution in [0.3, 0.4) is 0 Å². The van der Waals surface area contributed by atoms with Crippen molar-refractivity contribution in [2.24, 2.45) is 0 Å². The van der Waals surface area contributed by atoms with E-state index in [0.29, 0.717) is 0 Å². The van der Waals surface area contributed by atoms with Gasteiger partial charge in [0.05, 0.1) is 0 Å². The molecule has 4 atom stereocenters. The molecule has 0 aliphatic carbocycles. The number of esters is 1. The molecular weight excluding hydrogens is 232 g/mol. The number of rotatable bonds is 2. The lowest BCUT2D eigenvalue weighted by atomic mass is 10.1. The van der Waals surface area contributed by atoms with Gasteiger partial charge >= 0.3 is 11.9 Å². The molecule has 0 radical (unpaired) electrons. The Hall–Kier alpha value is -1.18. The maximum atomic E-state index is 11.0. The molecule has 2 aliphatic heterocycles. The molecule has 0 aromatic heterocycles. The van der Waals surface area contributed by atoms with Crippen molar-refractivity contribution in [3.8, 4) is 0 Å². The van der Waals surface area contributed by atoms with E-state index < -0.39 is 42.3 Å². The molecule has 0 aromatic rings. The van der Waals surface area contributed by atoms with E-state index in [-0.39, 0.29) is 0 Å². The highest BCUT2D eigenvalue weighted by Gasteiger charge is 2.58. The number of carboxylic acid groups (broad SMARTS) is 1. The zero-order chi connectivity index (χ0) is 12.8. The Labute approximate surface area is 97.6 Å². The number of carbonyl (C=O) groups excluding carboxylic acids is 1. The first-order chi connectivity index (χ1) is 7.80. The van der Waals surface area contributed by atoms with Gasteiger partial charge in [-0.2, -0.15) is 0 Å². The minimum Gasteiger partial charge on any atom is -0.479 e. The van der Waals surface area contributed by atoms with E-state index in [1.807, 2.05) is 0 Å². The Morgan fingerprint density at radius 1 is 1.29 bits per heavy atom. The van der Waals surface area contributed by atoms with Crippen LogP contribution < -0.4 is 0 Å². The van der Waals surface area contributed by atoms with Gasteiger partial charge < -0.3 is 24.1 Å². The molecule has 0 saturated carbocycles. The highest BCUT2D eigenvalue weighted by Crippen LogP contribution is 2.38. The van der Waals surface area contributed by atoms with Crippen LogP contribution in [0.25, 0.3) is 0 Å². The topological polar surface area (TPSA) is 91.3 Å². The Morgan fingerprint density at radius 2 is 1.94 bits per heavy atom. The second-order valence-electron chi connectivity index (χ2n) is 4.44. The summed E-state index contributed by atoms with van der Waals surface area (Å²) >= 11 is 0. The molecular formula is C10H14O7. The summed E-state index contributed by atoms with van der Waals surface area (Å²) in [6.45, 7) is 4.55. The van der Waals surface area contributed by atoms with Crippen molar-refractivity contribution >= 4 is 11.9 Å². The monoisotopic (exact) mass is 246 g/mol. The molecule has 0 amide bonds. The van der Waals surface area contributed by atoms with Crippen LogP contribution in [0.15, 0.2) is 0 Å². The summed E-state index contributed by atoms with van der Waals surface area (Å²) in [6.07, 6.45) is -3.78. The first-order valence-electron chi connectivity index (χ1n) is 5.21. The predicted molar refractivity (Wildman–Crippen MR) is 51.9 cm³/mol. The maximum absolute atomic E-state index is 11.0. The minimum absolute atomic E-state index is 0.584. The number of aliphatic carboxylic acids is 1. The van der Waals surface area contributed by atoms with Gasteiger partial charge in [-0.25, -0.2) is 4.79 Å². The van der Waals surface area contributed by atoms with Gasteiger partial charge in [-0.05, 0) is 13.8 Å². The number of hydrogen-bond acceptors (Lipinski definition) is 6. The number of hydrogen-bond donors (Lipinski definition) is 1. The third-order valence-corrected chi connectivity index (χ3v) is 2.54. The van der Waals surface area contributed by atoms with Crippen LogP contribution in [-0.2, 0) is 28.5 Å². The van der Waals surface area contributed by atoms with Gasteiger partial charge in [0.25, 0.3) is 0 Å². The number of ether oxygens (including phenoxy) is 4. The smallest absolute Gasteiger partial charge is 0.336 e. The van der Waals surface area contributed by atoms with Crippen molar-refractivity contribution in [3.05, 3.63) is 0 Å². The van der Waals surface area contributed by atoms with Gasteiger partial charge in [0.2, 0.25) is 0 Å². The Bertz CT molecular complexity index is 351. The summed E-state index contributed by atoms with van der Waals surface area (Å²) in [5.41, 5.74) is 0. The Kier molecular flexibility index (Phi) is 2.84. The van der Waals surface area contributed by atoms with Crippen LogP contribution in [0.4, 0.5) is 0 Å². The lowest BCUT2D eigenvalue weighted by molar-refractivity contribution is -0.222. The second kappa shape index (κ2) is 3.94. The van der Waals surface area contributed by atoms with Gasteiger partial charge in [0, 0.05) is 6.92 Å². The highest BCUT2D eigenvalue weighted by atomic mass is 16.8. The molecule has 96 valence electrons. The minimum atomic E-state index is -1.26. The fourth-order valence-corrected chi connectivity index (χ4v) is 2.00. The summed E-state index contributed by atoms with van der Waals surface area (Å²) in [7, 11) is 0. The van der Waals surface area contributed by atoms with Gasteiger partial charge in [-0.3, -0.25) is 4.79 Å². The Morgan fingerprint density at radius 3 is 2.47 bits per heavy atom. The van der Waals surface area contributed by atoms with Gasteiger partial charge in [0.15, 0.2) is 30.4 Å². The van der Waals surface area contributed by atoms with Crippen molar-refractivity contribution in [1.29, 1.82) is 0 Å². The predicted octanol–water partition coefficient (Wildman–Crippen LogP) is -0.121. The zero-order valence-corrected chi connectivity index (χ0v) is 9.71. The van der Waals surface area contributed by atoms with E-state index in [9.17, 15) is 9.59 Å². The largest absolute Gasteiger partial charge is 0.479 e. The van der Waals surface area contributed by atoms with Crippen molar-refractivity contribution in [1.82, 2.24) is 0 Å². The van der Waals surface area contributed by atoms with Crippen molar-refractivity contribution < 1.29 is 33.6 Å². The van der Waals surface area contributed by atoms with Gasteiger partial charge in [-0.15, -0.1) is 0 Å². The van der Waals surface area contributed by atoms with E-state index >= 15 is 0 Å². The van der Waals surface area contributed by atoms with Crippen LogP contribution in [0.2, 0.25) is 0 Å². The third-order valence-electron chi connectivity index (χ3n) is 2.54. The highest BCUT2D eigenvalue weighted by molar-refractivity contribution is 5.75. The molecule has 0 aromatic carbocycles. The molecule has 1 N–H and O–H groups in total. The van der Waals surface area contributed by atoms with Gasteiger partial charge in [0.1, 0.15) is 0 Å². The summed E-state index contributed by atoms with van der Waals surface area (Å²) in [4.78, 5) is 21.9. The molecule has 0 bridgehead atoms. The second-order valence-corrected chi connectivity index (χ2v) is 4.44. The molecule has 7 nitrogen and oxygen atoms in total. The number of fused-ring (bicyclic) bond motifs is 1. The van der Waals surface area contributed by atoms with E-state index in [1.165, 1.54) is 6.92 Å². The summed E-state index contributed by atoms with van der Waals surface area (Å²) < 4.78 is 21.0. The molecule has 0 spiro atoms. The molecule has 7 heteroatoms. The molecule has 2 aliphatic rings. The summed E-state index contributed by atoms with van der Waals surface area (Å²) in [5.74, 6) is -2.67. The molecule has 2 saturated heterocycles. The lowest BCUT2D eigenvalue weighted by Crippen LogP contribution is -2.41. The molecule has 2 fully saturated rings. The maximum Gasteiger partial charge on any atom is 0.336 e. The van der Waals surface area contributed by atoms with Crippen LogP contribution in [0.5, 0.6) is 0 Å². The zero-order valence-electron chi connectivity index (χ0n) is 9.71. The third kappa shape index (κ3) is 2.26. The quantitative estimate of drug-likeness (QED) is 0.679. The van der Waals surface area contributed by atoms with Crippen molar-refractivity contribution in [2.75, 3.05) is 0 Å². The van der Waals surface area contributed by atoms with Gasteiger partial charge in [-0.1, -0.05) is 0 Å². The lowest BCUT2D eigenvalue weighted by Gasteiger charge is -2.23. The SMILES string of the molecule is CC(=O)O[C@@H]1[C@H]2OC(C)(C)O[C@H]2O[C@@H]1C(=O)O. The van der Waals surface area contributed by atoms with Crippen LogP contribution >= 0.6 is 0 Å². The van der Waals surface area contributed by atoms with Crippen molar-refractivity contribution in [2.45, 2.75) is 51.2 Å². The molecule has 17 heavy (non-hydrogen) atoms. The first-order valence-corrected chi connectivity index (χ1v) is 5.21. The van der Waals surface area contributed by atoms with E-state index in [0.717, 1.165) is 0 Å². The average molecular weight is 246 g/mol. The van der Waals surface area contributed by atoms with Crippen LogP contribution in [0.1, 0.15) is 20.8 Å². The van der Waals surface area contributed by atoms with Crippen molar-refractivity contribution in [3.63, 3.8) is 0 Å². The van der Waals surface area contributed by atoms with E-state index in [1.54, 1.807) is 13.8 Å². The summed E-state index contributed by atoms with van der Waals surface area (Å²) in [6, 6.07) is 0.